The maximum Gasteiger partial charge on any atom is 0.145 e. The van der Waals surface area contributed by atoms with Crippen LogP contribution in [0.25, 0.3) is 49.6 Å². The maximum atomic E-state index is 4.86. The average molecular weight is 374 g/mol. The smallest absolute Gasteiger partial charge is 0.145 e. The van der Waals surface area contributed by atoms with E-state index in [1.807, 2.05) is 6.20 Å². The lowest BCUT2D eigenvalue weighted by molar-refractivity contribution is 1.24. The van der Waals surface area contributed by atoms with E-state index in [2.05, 4.69) is 82.8 Å². The molecular weight excluding hydrogens is 356 g/mol. The minimum Gasteiger partial charge on any atom is -0.292 e. The van der Waals surface area contributed by atoms with Gasteiger partial charge in [-0.1, -0.05) is 42.5 Å². The summed E-state index contributed by atoms with van der Waals surface area (Å²) in [6, 6.07) is 19.2. The molecule has 138 valence electrons. The van der Waals surface area contributed by atoms with Crippen LogP contribution < -0.4 is 0 Å². The molecular formula is C25H18N4. The van der Waals surface area contributed by atoms with Gasteiger partial charge in [-0.2, -0.15) is 0 Å². The van der Waals surface area contributed by atoms with Crippen molar-refractivity contribution in [3.05, 3.63) is 84.3 Å². The molecule has 3 heterocycles. The molecule has 0 N–H and O–H groups in total. The quantitative estimate of drug-likeness (QED) is 0.267. The number of imidazole rings is 1. The first-order valence-corrected chi connectivity index (χ1v) is 9.71. The maximum absolute atomic E-state index is 4.86. The summed E-state index contributed by atoms with van der Waals surface area (Å²) in [5.74, 6) is 0. The number of benzene rings is 3. The summed E-state index contributed by atoms with van der Waals surface area (Å²) in [5, 5.41) is 3.48. The van der Waals surface area contributed by atoms with E-state index in [9.17, 15) is 0 Å². The molecule has 3 aromatic carbocycles. The standard InChI is InChI=1S/C25H18N4/c1-15-6-5-7-16(2)24(15)23-14-28-25-18-9-4-3-8-17(18)19-12-20-21(27-11-10-26-20)13-22(19)29(23)25/h3-14H,1-2H3. The molecule has 0 aliphatic heterocycles. The Bertz CT molecular complexity index is 1560. The highest BCUT2D eigenvalue weighted by atomic mass is 15.0. The highest BCUT2D eigenvalue weighted by Crippen LogP contribution is 2.36. The SMILES string of the molecule is Cc1cccc(C)c1-c1cnc2c3ccccc3c3cc4nccnc4cc3n12. The molecule has 0 radical (unpaired) electrons. The average Bonchev–Trinajstić information content (AvgIpc) is 3.18. The van der Waals surface area contributed by atoms with Crippen molar-refractivity contribution in [3.8, 4) is 11.3 Å². The minimum absolute atomic E-state index is 0.887. The summed E-state index contributed by atoms with van der Waals surface area (Å²) < 4.78 is 2.28. The molecule has 0 saturated carbocycles. The molecule has 0 bridgehead atoms. The first-order chi connectivity index (χ1) is 14.2. The van der Waals surface area contributed by atoms with Crippen molar-refractivity contribution in [2.75, 3.05) is 0 Å². The zero-order valence-corrected chi connectivity index (χ0v) is 16.2. The van der Waals surface area contributed by atoms with Gasteiger partial charge in [0.2, 0.25) is 0 Å². The van der Waals surface area contributed by atoms with Gasteiger partial charge < -0.3 is 0 Å². The lowest BCUT2D eigenvalue weighted by Crippen LogP contribution is -1.97. The van der Waals surface area contributed by atoms with Gasteiger partial charge in [-0.15, -0.1) is 0 Å². The van der Waals surface area contributed by atoms with E-state index in [1.165, 1.54) is 22.1 Å². The number of pyridine rings is 1. The van der Waals surface area contributed by atoms with Crippen molar-refractivity contribution in [1.82, 2.24) is 19.4 Å². The van der Waals surface area contributed by atoms with Crippen LogP contribution in [0.3, 0.4) is 0 Å². The van der Waals surface area contributed by atoms with Gasteiger partial charge in [-0.05, 0) is 42.5 Å². The highest BCUT2D eigenvalue weighted by molar-refractivity contribution is 6.14. The van der Waals surface area contributed by atoms with Gasteiger partial charge in [-0.3, -0.25) is 14.4 Å². The monoisotopic (exact) mass is 374 g/mol. The van der Waals surface area contributed by atoms with Gasteiger partial charge in [0.15, 0.2) is 0 Å². The third kappa shape index (κ3) is 2.23. The normalized spacial score (nSPS) is 11.8. The molecule has 0 fully saturated rings. The molecule has 0 saturated heterocycles. The van der Waals surface area contributed by atoms with Gasteiger partial charge in [0, 0.05) is 28.7 Å². The predicted octanol–water partition coefficient (Wildman–Crippen LogP) is 5.87. The van der Waals surface area contributed by atoms with Crippen LogP contribution >= 0.6 is 0 Å². The number of fused-ring (bicyclic) bond motifs is 7. The van der Waals surface area contributed by atoms with Gasteiger partial charge in [0.1, 0.15) is 5.65 Å². The molecule has 29 heavy (non-hydrogen) atoms. The minimum atomic E-state index is 0.887. The van der Waals surface area contributed by atoms with Crippen molar-refractivity contribution in [3.63, 3.8) is 0 Å². The lowest BCUT2D eigenvalue weighted by atomic mass is 10.00. The fraction of sp³-hybridized carbons (Fsp3) is 0.0800. The van der Waals surface area contributed by atoms with Crippen LogP contribution in [-0.2, 0) is 0 Å². The van der Waals surface area contributed by atoms with Gasteiger partial charge in [-0.25, -0.2) is 4.98 Å². The summed E-state index contributed by atoms with van der Waals surface area (Å²) in [6.45, 7) is 4.32. The molecule has 3 aromatic heterocycles. The number of aryl methyl sites for hydroxylation is 2. The molecule has 0 spiro atoms. The zero-order valence-electron chi connectivity index (χ0n) is 16.2. The Labute approximate surface area is 167 Å². The number of aromatic nitrogens is 4. The highest BCUT2D eigenvalue weighted by Gasteiger charge is 2.17. The fourth-order valence-electron chi connectivity index (χ4n) is 4.49. The van der Waals surface area contributed by atoms with E-state index < -0.39 is 0 Å². The van der Waals surface area contributed by atoms with Crippen LogP contribution in [-0.4, -0.2) is 19.4 Å². The van der Waals surface area contributed by atoms with E-state index in [4.69, 9.17) is 4.98 Å². The van der Waals surface area contributed by atoms with E-state index in [0.29, 0.717) is 0 Å². The van der Waals surface area contributed by atoms with Gasteiger partial charge >= 0.3 is 0 Å². The predicted molar refractivity (Wildman–Crippen MR) is 118 cm³/mol. The molecule has 6 aromatic rings. The second-order valence-electron chi connectivity index (χ2n) is 7.53. The Morgan fingerprint density at radius 3 is 2.14 bits per heavy atom. The van der Waals surface area contributed by atoms with Gasteiger partial charge in [0.05, 0.1) is 28.4 Å². The zero-order chi connectivity index (χ0) is 19.5. The first-order valence-electron chi connectivity index (χ1n) is 9.71. The van der Waals surface area contributed by atoms with Crippen LogP contribution in [0.1, 0.15) is 11.1 Å². The van der Waals surface area contributed by atoms with E-state index in [1.54, 1.807) is 12.4 Å². The molecule has 0 aliphatic carbocycles. The largest absolute Gasteiger partial charge is 0.292 e. The Hall–Kier alpha value is -3.79. The van der Waals surface area contributed by atoms with E-state index in [-0.39, 0.29) is 0 Å². The summed E-state index contributed by atoms with van der Waals surface area (Å²) in [4.78, 5) is 13.9. The molecule has 0 unspecified atom stereocenters. The van der Waals surface area contributed by atoms with Crippen molar-refractivity contribution >= 4 is 38.4 Å². The number of hydrogen-bond acceptors (Lipinski definition) is 3. The van der Waals surface area contributed by atoms with Crippen molar-refractivity contribution < 1.29 is 0 Å². The van der Waals surface area contributed by atoms with Crippen LogP contribution in [0.4, 0.5) is 0 Å². The van der Waals surface area contributed by atoms with E-state index >= 15 is 0 Å². The van der Waals surface area contributed by atoms with Gasteiger partial charge in [0.25, 0.3) is 0 Å². The molecule has 4 heteroatoms. The Morgan fingerprint density at radius 2 is 1.38 bits per heavy atom. The summed E-state index contributed by atoms with van der Waals surface area (Å²) in [7, 11) is 0. The van der Waals surface area contributed by atoms with Crippen LogP contribution in [0.5, 0.6) is 0 Å². The fourth-order valence-corrected chi connectivity index (χ4v) is 4.49. The second-order valence-corrected chi connectivity index (χ2v) is 7.53. The van der Waals surface area contributed by atoms with Crippen molar-refractivity contribution in [2.24, 2.45) is 0 Å². The molecule has 4 nitrogen and oxygen atoms in total. The van der Waals surface area contributed by atoms with Crippen LogP contribution in [0, 0.1) is 13.8 Å². The third-order valence-electron chi connectivity index (χ3n) is 5.78. The summed E-state index contributed by atoms with van der Waals surface area (Å²) >= 11 is 0. The number of nitrogens with zero attached hydrogens (tertiary/aromatic N) is 4. The number of hydrogen-bond donors (Lipinski definition) is 0. The molecule has 0 atom stereocenters. The van der Waals surface area contributed by atoms with Crippen molar-refractivity contribution in [2.45, 2.75) is 13.8 Å². The Balaban J connectivity index is 1.90. The van der Waals surface area contributed by atoms with Crippen LogP contribution in [0.2, 0.25) is 0 Å². The lowest BCUT2D eigenvalue weighted by Gasteiger charge is -2.14. The summed E-state index contributed by atoms with van der Waals surface area (Å²) in [6.07, 6.45) is 5.48. The first kappa shape index (κ1) is 16.2. The second kappa shape index (κ2) is 5.85. The summed E-state index contributed by atoms with van der Waals surface area (Å²) in [5.41, 5.74) is 8.68. The van der Waals surface area contributed by atoms with E-state index in [0.717, 1.165) is 38.7 Å². The molecule has 0 aliphatic rings. The Kier molecular flexibility index (Phi) is 3.27. The van der Waals surface area contributed by atoms with Crippen LogP contribution in [0.15, 0.2) is 73.2 Å². The molecule has 6 rings (SSSR count). The third-order valence-corrected chi connectivity index (χ3v) is 5.78. The Morgan fingerprint density at radius 1 is 0.690 bits per heavy atom. The number of rotatable bonds is 1. The molecule has 0 amide bonds. The van der Waals surface area contributed by atoms with Crippen molar-refractivity contribution in [1.29, 1.82) is 0 Å². The topological polar surface area (TPSA) is 43.1 Å².